The predicted octanol–water partition coefficient (Wildman–Crippen LogP) is 4.06. The van der Waals surface area contributed by atoms with Crippen molar-refractivity contribution < 1.29 is 23.9 Å². The topological polar surface area (TPSA) is 92.8 Å². The zero-order valence-corrected chi connectivity index (χ0v) is 19.3. The van der Waals surface area contributed by atoms with Crippen molar-refractivity contribution >= 4 is 35.1 Å². The smallest absolute Gasteiger partial charge is 0.338 e. The number of hydrogen-bond donors (Lipinski definition) is 1. The normalized spacial score (nSPS) is 29.6. The number of carbonyl (C=O) groups is 4. The zero-order chi connectivity index (χ0) is 24.3. The number of rotatable bonds is 6. The van der Waals surface area contributed by atoms with Gasteiger partial charge in [-0.1, -0.05) is 25.1 Å². The summed E-state index contributed by atoms with van der Waals surface area (Å²) in [5.74, 6) is -0.218. The molecule has 0 radical (unpaired) electrons. The van der Waals surface area contributed by atoms with Crippen molar-refractivity contribution in [2.45, 2.75) is 19.8 Å². The lowest BCUT2D eigenvalue weighted by Gasteiger charge is -2.37. The SMILES string of the molecule is CCCOC(=O)c1ccc(NC(=O)c2cccc(N3C(=O)[C@@H]4[C@H]5C=C[C@H]([C@H]6C[C@H]56)[C@@H]4C3=O)c2)cc1. The highest BCUT2D eigenvalue weighted by Gasteiger charge is 2.67. The minimum Gasteiger partial charge on any atom is -0.462 e. The summed E-state index contributed by atoms with van der Waals surface area (Å²) >= 11 is 0. The van der Waals surface area contributed by atoms with Gasteiger partial charge in [0.25, 0.3) is 5.91 Å². The van der Waals surface area contributed by atoms with Gasteiger partial charge in [0.1, 0.15) is 0 Å². The van der Waals surface area contributed by atoms with E-state index in [9.17, 15) is 19.2 Å². The van der Waals surface area contributed by atoms with Crippen molar-refractivity contribution in [3.8, 4) is 0 Å². The predicted molar refractivity (Wildman–Crippen MR) is 129 cm³/mol. The molecule has 6 atom stereocenters. The maximum absolute atomic E-state index is 13.4. The maximum Gasteiger partial charge on any atom is 0.338 e. The molecule has 0 spiro atoms. The fourth-order valence-corrected chi connectivity index (χ4v) is 6.17. The summed E-state index contributed by atoms with van der Waals surface area (Å²) in [6.45, 7) is 2.28. The number of nitrogens with one attached hydrogen (secondary N) is 1. The Labute approximate surface area is 203 Å². The van der Waals surface area contributed by atoms with Crippen molar-refractivity contribution in [3.05, 3.63) is 71.8 Å². The van der Waals surface area contributed by atoms with E-state index < -0.39 is 5.97 Å². The standard InChI is InChI=1S/C28H26N2O5/c1-2-12-35-28(34)15-6-8-17(9-7-15)29-25(31)16-4-3-5-18(13-16)30-26(32)23-19-10-11-20(22-14-21(19)22)24(23)27(30)33/h3-11,13,19-24H,2,12,14H2,1H3,(H,29,31)/t19-,20+,21-,22-,23+,24-/m1/s1. The van der Waals surface area contributed by atoms with Gasteiger partial charge in [0.15, 0.2) is 0 Å². The van der Waals surface area contributed by atoms with Crippen LogP contribution in [0.3, 0.4) is 0 Å². The lowest BCUT2D eigenvalue weighted by molar-refractivity contribution is -0.124. The molecule has 7 nitrogen and oxygen atoms in total. The molecule has 2 aromatic rings. The molecular formula is C28H26N2O5. The molecule has 1 aliphatic heterocycles. The third-order valence-electron chi connectivity index (χ3n) is 7.85. The van der Waals surface area contributed by atoms with Crippen LogP contribution in [0.2, 0.25) is 0 Å². The van der Waals surface area contributed by atoms with E-state index in [1.54, 1.807) is 48.5 Å². The summed E-state index contributed by atoms with van der Waals surface area (Å²) < 4.78 is 5.12. The number of esters is 1. The fraction of sp³-hybridized carbons (Fsp3) is 0.357. The number of hydrogen-bond acceptors (Lipinski definition) is 5. The highest BCUT2D eigenvalue weighted by molar-refractivity contribution is 6.23. The van der Waals surface area contributed by atoms with Crippen LogP contribution in [0.15, 0.2) is 60.7 Å². The quantitative estimate of drug-likeness (QED) is 0.390. The minimum absolute atomic E-state index is 0.146. The van der Waals surface area contributed by atoms with Crippen LogP contribution < -0.4 is 10.2 Å². The molecule has 7 heteroatoms. The number of amides is 3. The molecule has 7 rings (SSSR count). The van der Waals surface area contributed by atoms with Crippen LogP contribution in [0.4, 0.5) is 11.4 Å². The summed E-state index contributed by atoms with van der Waals surface area (Å²) in [5.41, 5.74) is 1.71. The van der Waals surface area contributed by atoms with Crippen LogP contribution in [0.5, 0.6) is 0 Å². The summed E-state index contributed by atoms with van der Waals surface area (Å²) in [5, 5.41) is 2.80. The van der Waals surface area contributed by atoms with Crippen molar-refractivity contribution in [3.63, 3.8) is 0 Å². The number of benzene rings is 2. The highest BCUT2D eigenvalue weighted by atomic mass is 16.5. The molecule has 4 aliphatic carbocycles. The van der Waals surface area contributed by atoms with Gasteiger partial charge >= 0.3 is 5.97 Å². The van der Waals surface area contributed by atoms with Crippen molar-refractivity contribution in [2.24, 2.45) is 35.5 Å². The van der Waals surface area contributed by atoms with Gasteiger partial charge in [-0.25, -0.2) is 9.69 Å². The molecule has 0 aromatic heterocycles. The summed E-state index contributed by atoms with van der Waals surface area (Å²) in [6, 6.07) is 13.1. The summed E-state index contributed by atoms with van der Waals surface area (Å²) in [4.78, 5) is 52.9. The fourth-order valence-electron chi connectivity index (χ4n) is 6.17. The van der Waals surface area contributed by atoms with Gasteiger partial charge < -0.3 is 10.1 Å². The van der Waals surface area contributed by atoms with E-state index in [-0.39, 0.29) is 41.4 Å². The molecule has 3 amide bonds. The third-order valence-corrected chi connectivity index (χ3v) is 7.85. The number of anilines is 2. The Morgan fingerprint density at radius 3 is 2.23 bits per heavy atom. The molecule has 2 saturated carbocycles. The van der Waals surface area contributed by atoms with E-state index in [0.717, 1.165) is 12.8 Å². The second kappa shape index (κ2) is 8.18. The van der Waals surface area contributed by atoms with Crippen LogP contribution in [0, 0.1) is 35.5 Å². The molecule has 2 bridgehead atoms. The lowest BCUT2D eigenvalue weighted by atomic mass is 9.63. The van der Waals surface area contributed by atoms with Crippen molar-refractivity contribution in [1.29, 1.82) is 0 Å². The number of nitrogens with zero attached hydrogens (tertiary/aromatic N) is 1. The first-order chi connectivity index (χ1) is 17.0. The van der Waals surface area contributed by atoms with E-state index in [1.807, 2.05) is 6.92 Å². The Morgan fingerprint density at radius 1 is 0.943 bits per heavy atom. The van der Waals surface area contributed by atoms with Gasteiger partial charge in [0.2, 0.25) is 11.8 Å². The lowest BCUT2D eigenvalue weighted by Crippen LogP contribution is -2.40. The molecule has 1 heterocycles. The molecule has 2 aromatic carbocycles. The molecule has 1 saturated heterocycles. The minimum atomic E-state index is -0.404. The van der Waals surface area contributed by atoms with E-state index in [0.29, 0.717) is 40.9 Å². The third kappa shape index (κ3) is 3.49. The van der Waals surface area contributed by atoms with Gasteiger partial charge in [-0.2, -0.15) is 0 Å². The molecule has 3 fully saturated rings. The number of allylic oxidation sites excluding steroid dienone is 2. The van der Waals surface area contributed by atoms with Crippen molar-refractivity contribution in [1.82, 2.24) is 0 Å². The first-order valence-electron chi connectivity index (χ1n) is 12.2. The van der Waals surface area contributed by atoms with Crippen LogP contribution >= 0.6 is 0 Å². The number of ether oxygens (including phenoxy) is 1. The molecule has 5 aliphatic rings. The summed E-state index contributed by atoms with van der Waals surface area (Å²) in [7, 11) is 0. The van der Waals surface area contributed by atoms with Crippen molar-refractivity contribution in [2.75, 3.05) is 16.8 Å². The van der Waals surface area contributed by atoms with Gasteiger partial charge in [0, 0.05) is 11.3 Å². The molecule has 178 valence electrons. The maximum atomic E-state index is 13.4. The molecule has 0 unspecified atom stereocenters. The van der Waals surface area contributed by atoms with Gasteiger partial charge in [-0.3, -0.25) is 14.4 Å². The van der Waals surface area contributed by atoms with Crippen LogP contribution in [0.25, 0.3) is 0 Å². The second-order valence-electron chi connectivity index (χ2n) is 9.88. The first kappa shape index (κ1) is 21.8. The highest BCUT2D eigenvalue weighted by Crippen LogP contribution is 2.65. The molecule has 1 N–H and O–H groups in total. The van der Waals surface area contributed by atoms with Crippen LogP contribution in [-0.2, 0) is 14.3 Å². The Bertz CT molecular complexity index is 1230. The molecule has 35 heavy (non-hydrogen) atoms. The average molecular weight is 471 g/mol. The van der Waals surface area contributed by atoms with Crippen LogP contribution in [-0.4, -0.2) is 30.3 Å². The second-order valence-corrected chi connectivity index (χ2v) is 9.88. The monoisotopic (exact) mass is 470 g/mol. The zero-order valence-electron chi connectivity index (χ0n) is 19.3. The Kier molecular flexibility index (Phi) is 5.09. The Hall–Kier alpha value is -3.74. The molecular weight excluding hydrogens is 444 g/mol. The van der Waals surface area contributed by atoms with E-state index in [1.165, 1.54) is 4.90 Å². The summed E-state index contributed by atoms with van der Waals surface area (Å²) in [6.07, 6.45) is 6.15. The van der Waals surface area contributed by atoms with Gasteiger partial charge in [-0.15, -0.1) is 0 Å². The largest absolute Gasteiger partial charge is 0.462 e. The van der Waals surface area contributed by atoms with Gasteiger partial charge in [-0.05, 0) is 79.0 Å². The van der Waals surface area contributed by atoms with Crippen LogP contribution in [0.1, 0.15) is 40.5 Å². The average Bonchev–Trinajstić information content (AvgIpc) is 3.66. The first-order valence-corrected chi connectivity index (χ1v) is 12.2. The van der Waals surface area contributed by atoms with E-state index >= 15 is 0 Å². The van der Waals surface area contributed by atoms with E-state index in [4.69, 9.17) is 4.74 Å². The number of carbonyl (C=O) groups excluding carboxylic acids is 4. The Balaban J connectivity index is 1.18. The number of imide groups is 1. The van der Waals surface area contributed by atoms with E-state index in [2.05, 4.69) is 17.5 Å². The van der Waals surface area contributed by atoms with Gasteiger partial charge in [0.05, 0.1) is 29.7 Å². The Morgan fingerprint density at radius 2 is 1.60 bits per heavy atom.